The summed E-state index contributed by atoms with van der Waals surface area (Å²) in [4.78, 5) is 9.07. The minimum absolute atomic E-state index is 0.624. The van der Waals surface area contributed by atoms with Crippen molar-refractivity contribution in [2.24, 2.45) is 0 Å². The van der Waals surface area contributed by atoms with Crippen LogP contribution in [0.5, 0.6) is 0 Å². The molecule has 0 aliphatic carbocycles. The highest BCUT2D eigenvalue weighted by atomic mass is 16.3. The smallest absolute Gasteiger partial charge is 0.231 e. The first-order valence-corrected chi connectivity index (χ1v) is 8.93. The Labute approximate surface area is 154 Å². The summed E-state index contributed by atoms with van der Waals surface area (Å²) in [6.45, 7) is 0. The van der Waals surface area contributed by atoms with Crippen LogP contribution in [-0.4, -0.2) is 9.97 Å². The SMILES string of the molecule is c1ccc2c(-c3ncnc4oc5c6ccccc6ccc5c34)cccc2c1. The molecule has 0 saturated carbocycles. The molecule has 0 unspecified atom stereocenters. The van der Waals surface area contributed by atoms with Crippen molar-refractivity contribution in [2.75, 3.05) is 0 Å². The average Bonchev–Trinajstić information content (AvgIpc) is 3.13. The zero-order chi connectivity index (χ0) is 17.8. The standard InChI is InChI=1S/C24H14N2O/c1-3-9-17-15(6-1)8-5-11-19(17)22-21-20-13-12-16-7-2-4-10-18(16)23(20)27-24(21)26-14-25-22/h1-14H. The van der Waals surface area contributed by atoms with E-state index < -0.39 is 0 Å². The van der Waals surface area contributed by atoms with E-state index in [4.69, 9.17) is 4.42 Å². The third kappa shape index (κ3) is 2.02. The van der Waals surface area contributed by atoms with Crippen molar-refractivity contribution in [1.82, 2.24) is 9.97 Å². The molecule has 0 N–H and O–H groups in total. The molecule has 2 aromatic heterocycles. The normalized spacial score (nSPS) is 11.7. The molecule has 0 amide bonds. The average molecular weight is 346 g/mol. The fourth-order valence-electron chi connectivity index (χ4n) is 3.97. The zero-order valence-corrected chi connectivity index (χ0v) is 14.4. The van der Waals surface area contributed by atoms with Crippen molar-refractivity contribution < 1.29 is 4.42 Å². The molecule has 0 aliphatic heterocycles. The highest BCUT2D eigenvalue weighted by molar-refractivity contribution is 6.18. The van der Waals surface area contributed by atoms with E-state index in [1.54, 1.807) is 6.33 Å². The zero-order valence-electron chi connectivity index (χ0n) is 14.4. The summed E-state index contributed by atoms with van der Waals surface area (Å²) >= 11 is 0. The van der Waals surface area contributed by atoms with Crippen molar-refractivity contribution in [1.29, 1.82) is 0 Å². The second kappa shape index (κ2) is 5.39. The van der Waals surface area contributed by atoms with Gasteiger partial charge in [0.2, 0.25) is 5.71 Å². The Morgan fingerprint density at radius 1 is 0.593 bits per heavy atom. The van der Waals surface area contributed by atoms with Crippen LogP contribution >= 0.6 is 0 Å². The van der Waals surface area contributed by atoms with Gasteiger partial charge in [-0.05, 0) is 22.2 Å². The van der Waals surface area contributed by atoms with Gasteiger partial charge < -0.3 is 4.42 Å². The number of hydrogen-bond acceptors (Lipinski definition) is 3. The summed E-state index contributed by atoms with van der Waals surface area (Å²) in [6, 6.07) is 27.2. The summed E-state index contributed by atoms with van der Waals surface area (Å²) in [5.41, 5.74) is 3.49. The number of hydrogen-bond donors (Lipinski definition) is 0. The van der Waals surface area contributed by atoms with Gasteiger partial charge in [0, 0.05) is 16.3 Å². The third-order valence-electron chi connectivity index (χ3n) is 5.20. The monoisotopic (exact) mass is 346 g/mol. The molecular formula is C24H14N2O. The molecule has 2 heterocycles. The van der Waals surface area contributed by atoms with E-state index in [2.05, 4.69) is 76.7 Å². The van der Waals surface area contributed by atoms with Crippen LogP contribution in [-0.2, 0) is 0 Å². The topological polar surface area (TPSA) is 38.9 Å². The van der Waals surface area contributed by atoms with Crippen molar-refractivity contribution in [3.63, 3.8) is 0 Å². The molecule has 0 aliphatic rings. The minimum Gasteiger partial charge on any atom is -0.437 e. The molecule has 126 valence electrons. The first-order chi connectivity index (χ1) is 13.4. The lowest BCUT2D eigenvalue weighted by molar-refractivity contribution is 0.656. The van der Waals surface area contributed by atoms with Gasteiger partial charge >= 0.3 is 0 Å². The van der Waals surface area contributed by atoms with Gasteiger partial charge in [0.05, 0.1) is 11.1 Å². The maximum Gasteiger partial charge on any atom is 0.231 e. The third-order valence-corrected chi connectivity index (χ3v) is 5.20. The quantitative estimate of drug-likeness (QED) is 0.348. The largest absolute Gasteiger partial charge is 0.437 e. The Hall–Kier alpha value is -3.72. The van der Waals surface area contributed by atoms with Gasteiger partial charge in [0.1, 0.15) is 11.9 Å². The molecule has 3 heteroatoms. The molecule has 0 fully saturated rings. The van der Waals surface area contributed by atoms with Crippen LogP contribution in [0.3, 0.4) is 0 Å². The second-order valence-electron chi connectivity index (χ2n) is 6.69. The summed E-state index contributed by atoms with van der Waals surface area (Å²) in [5, 5.41) is 6.64. The Morgan fingerprint density at radius 2 is 1.33 bits per heavy atom. The molecule has 6 rings (SSSR count). The molecule has 0 atom stereocenters. The van der Waals surface area contributed by atoms with Crippen LogP contribution in [0, 0.1) is 0 Å². The number of benzene rings is 4. The number of rotatable bonds is 1. The van der Waals surface area contributed by atoms with E-state index in [1.165, 1.54) is 10.8 Å². The lowest BCUT2D eigenvalue weighted by atomic mass is 9.99. The first kappa shape index (κ1) is 14.4. The molecule has 0 bridgehead atoms. The van der Waals surface area contributed by atoms with Crippen LogP contribution in [0.2, 0.25) is 0 Å². The fraction of sp³-hybridized carbons (Fsp3) is 0. The first-order valence-electron chi connectivity index (χ1n) is 8.93. The van der Waals surface area contributed by atoms with Gasteiger partial charge in [0.25, 0.3) is 0 Å². The predicted molar refractivity (Wildman–Crippen MR) is 110 cm³/mol. The fourth-order valence-corrected chi connectivity index (χ4v) is 3.97. The summed E-state index contributed by atoms with van der Waals surface area (Å²) in [6.07, 6.45) is 1.59. The van der Waals surface area contributed by atoms with Crippen LogP contribution in [0.25, 0.3) is 54.9 Å². The molecule has 0 spiro atoms. The van der Waals surface area contributed by atoms with Crippen LogP contribution in [0.15, 0.2) is 89.6 Å². The van der Waals surface area contributed by atoms with E-state index in [0.29, 0.717) is 5.71 Å². The number of nitrogens with zero attached hydrogens (tertiary/aromatic N) is 2. The van der Waals surface area contributed by atoms with Crippen LogP contribution in [0.1, 0.15) is 0 Å². The molecule has 6 aromatic rings. The molecule has 4 aromatic carbocycles. The van der Waals surface area contributed by atoms with Crippen molar-refractivity contribution in [3.8, 4) is 11.3 Å². The van der Waals surface area contributed by atoms with Crippen molar-refractivity contribution >= 4 is 43.6 Å². The number of furan rings is 1. The molecule has 3 nitrogen and oxygen atoms in total. The lowest BCUT2D eigenvalue weighted by Crippen LogP contribution is -1.88. The van der Waals surface area contributed by atoms with E-state index in [-0.39, 0.29) is 0 Å². The summed E-state index contributed by atoms with van der Waals surface area (Å²) < 4.78 is 6.19. The van der Waals surface area contributed by atoms with Crippen LogP contribution < -0.4 is 0 Å². The second-order valence-corrected chi connectivity index (χ2v) is 6.69. The number of aromatic nitrogens is 2. The minimum atomic E-state index is 0.624. The summed E-state index contributed by atoms with van der Waals surface area (Å²) in [5.74, 6) is 0. The maximum absolute atomic E-state index is 6.19. The molecule has 27 heavy (non-hydrogen) atoms. The Kier molecular flexibility index (Phi) is 2.88. The highest BCUT2D eigenvalue weighted by Crippen LogP contribution is 2.39. The van der Waals surface area contributed by atoms with E-state index >= 15 is 0 Å². The van der Waals surface area contributed by atoms with Gasteiger partial charge in [-0.1, -0.05) is 72.8 Å². The van der Waals surface area contributed by atoms with Gasteiger partial charge in [-0.25, -0.2) is 9.97 Å². The van der Waals surface area contributed by atoms with E-state index in [1.807, 2.05) is 12.1 Å². The Balaban J connectivity index is 1.79. The van der Waals surface area contributed by atoms with Gasteiger partial charge in [0.15, 0.2) is 0 Å². The maximum atomic E-state index is 6.19. The Morgan fingerprint density at radius 3 is 2.22 bits per heavy atom. The molecular weight excluding hydrogens is 332 g/mol. The van der Waals surface area contributed by atoms with Crippen LogP contribution in [0.4, 0.5) is 0 Å². The lowest BCUT2D eigenvalue weighted by Gasteiger charge is -2.07. The van der Waals surface area contributed by atoms with E-state index in [9.17, 15) is 0 Å². The van der Waals surface area contributed by atoms with Gasteiger partial charge in [-0.3, -0.25) is 0 Å². The summed E-state index contributed by atoms with van der Waals surface area (Å²) in [7, 11) is 0. The van der Waals surface area contributed by atoms with Crippen molar-refractivity contribution in [2.45, 2.75) is 0 Å². The van der Waals surface area contributed by atoms with Gasteiger partial charge in [-0.15, -0.1) is 0 Å². The predicted octanol–water partition coefficient (Wildman–Crippen LogP) is 6.35. The van der Waals surface area contributed by atoms with E-state index in [0.717, 1.165) is 38.4 Å². The van der Waals surface area contributed by atoms with Gasteiger partial charge in [-0.2, -0.15) is 0 Å². The number of fused-ring (bicyclic) bond motifs is 6. The van der Waals surface area contributed by atoms with Crippen molar-refractivity contribution in [3.05, 3.63) is 85.2 Å². The Bertz CT molecular complexity index is 1470. The highest BCUT2D eigenvalue weighted by Gasteiger charge is 2.17. The molecule has 0 saturated heterocycles. The molecule has 0 radical (unpaired) electrons.